The summed E-state index contributed by atoms with van der Waals surface area (Å²) in [6.07, 6.45) is 1.43. The van der Waals surface area contributed by atoms with E-state index < -0.39 is 17.1 Å². The normalized spacial score (nSPS) is 14.5. The molecule has 13 heteroatoms. The number of halogens is 2. The average Bonchev–Trinajstić information content (AvgIpc) is 2.75. The molecule has 0 bridgehead atoms. The second-order valence-corrected chi connectivity index (χ2v) is 7.59. The standard InChI is InChI=1S/C18H16Cl2N6O5/c19-11-5-9(26-18(29)22-17(28)15(21)25-26)6-12(20)14(11)31-13-7-10(16(27)24-23-13)8-1-3-30-4-2-8/h5-8H,1-4H2,(H2,21,25)(H,24,27)(H,22,28,29). The Kier molecular flexibility index (Phi) is 5.81. The highest BCUT2D eigenvalue weighted by molar-refractivity contribution is 6.37. The Morgan fingerprint density at radius 1 is 1.10 bits per heavy atom. The number of H-pyrrole nitrogens is 2. The molecule has 3 heterocycles. The van der Waals surface area contributed by atoms with E-state index in [1.54, 1.807) is 6.07 Å². The van der Waals surface area contributed by atoms with Crippen LogP contribution in [0.3, 0.4) is 0 Å². The third-order valence-corrected chi connectivity index (χ3v) is 5.32. The molecule has 0 atom stereocenters. The molecule has 11 nitrogen and oxygen atoms in total. The monoisotopic (exact) mass is 466 g/mol. The largest absolute Gasteiger partial charge is 0.434 e. The molecule has 4 N–H and O–H groups in total. The Labute approximate surface area is 183 Å². The molecular formula is C18H16Cl2N6O5. The first-order valence-corrected chi connectivity index (χ1v) is 9.93. The first-order valence-electron chi connectivity index (χ1n) is 9.17. The van der Waals surface area contributed by atoms with E-state index in [0.29, 0.717) is 31.6 Å². The van der Waals surface area contributed by atoms with Crippen LogP contribution in [0.2, 0.25) is 10.0 Å². The van der Waals surface area contributed by atoms with E-state index in [9.17, 15) is 14.4 Å². The molecule has 0 unspecified atom stereocenters. The van der Waals surface area contributed by atoms with Gasteiger partial charge in [0.1, 0.15) is 0 Å². The zero-order valence-corrected chi connectivity index (χ0v) is 17.4. The molecular weight excluding hydrogens is 451 g/mol. The van der Waals surface area contributed by atoms with Gasteiger partial charge in [0, 0.05) is 24.8 Å². The minimum atomic E-state index is -0.816. The van der Waals surface area contributed by atoms with Gasteiger partial charge in [0.2, 0.25) is 11.7 Å². The van der Waals surface area contributed by atoms with E-state index in [1.165, 1.54) is 12.1 Å². The number of nitrogen functional groups attached to an aromatic ring is 1. The lowest BCUT2D eigenvalue weighted by Crippen LogP contribution is -2.33. The molecule has 162 valence electrons. The van der Waals surface area contributed by atoms with E-state index >= 15 is 0 Å². The van der Waals surface area contributed by atoms with Crippen LogP contribution in [0.1, 0.15) is 24.3 Å². The Bertz CT molecular complexity index is 1290. The number of nitrogens with one attached hydrogen (secondary N) is 2. The third-order valence-electron chi connectivity index (χ3n) is 4.76. The number of hydrogen-bond donors (Lipinski definition) is 3. The summed E-state index contributed by atoms with van der Waals surface area (Å²) in [5.41, 5.74) is 4.25. The maximum absolute atomic E-state index is 12.2. The minimum Gasteiger partial charge on any atom is -0.434 e. The second kappa shape index (κ2) is 8.53. The van der Waals surface area contributed by atoms with Gasteiger partial charge >= 0.3 is 5.69 Å². The van der Waals surface area contributed by atoms with Gasteiger partial charge in [-0.1, -0.05) is 23.2 Å². The van der Waals surface area contributed by atoms with E-state index in [0.717, 1.165) is 4.68 Å². The summed E-state index contributed by atoms with van der Waals surface area (Å²) in [4.78, 5) is 37.7. The van der Waals surface area contributed by atoms with Crippen molar-refractivity contribution in [1.82, 2.24) is 25.0 Å². The van der Waals surface area contributed by atoms with E-state index in [1.807, 2.05) is 4.98 Å². The summed E-state index contributed by atoms with van der Waals surface area (Å²) in [6.45, 7) is 1.15. The van der Waals surface area contributed by atoms with Gasteiger partial charge in [0.25, 0.3) is 11.1 Å². The summed E-state index contributed by atoms with van der Waals surface area (Å²) in [7, 11) is 0. The lowest BCUT2D eigenvalue weighted by Gasteiger charge is -2.21. The Hall–Kier alpha value is -3.15. The number of ether oxygens (including phenoxy) is 2. The first-order chi connectivity index (χ1) is 14.8. The number of nitrogens with two attached hydrogens (primary N) is 1. The number of rotatable bonds is 4. The Balaban J connectivity index is 1.67. The van der Waals surface area contributed by atoms with Crippen molar-refractivity contribution < 1.29 is 9.47 Å². The van der Waals surface area contributed by atoms with Gasteiger partial charge in [-0.25, -0.2) is 9.89 Å². The fraction of sp³-hybridized carbons (Fsp3) is 0.278. The van der Waals surface area contributed by atoms with E-state index in [2.05, 4.69) is 15.3 Å². The van der Waals surface area contributed by atoms with Gasteiger partial charge in [0.15, 0.2) is 5.75 Å². The maximum Gasteiger partial charge on any atom is 0.349 e. The summed E-state index contributed by atoms with van der Waals surface area (Å²) in [6, 6.07) is 4.27. The molecule has 1 aliphatic heterocycles. The van der Waals surface area contributed by atoms with Crippen LogP contribution in [-0.4, -0.2) is 38.2 Å². The summed E-state index contributed by atoms with van der Waals surface area (Å²) >= 11 is 12.6. The zero-order chi connectivity index (χ0) is 22.1. The van der Waals surface area contributed by atoms with Gasteiger partial charge in [-0.05, 0) is 30.9 Å². The lowest BCUT2D eigenvalue weighted by atomic mass is 9.93. The number of benzene rings is 1. The molecule has 0 aliphatic carbocycles. The van der Waals surface area contributed by atoms with Gasteiger partial charge in [0.05, 0.1) is 15.7 Å². The first kappa shape index (κ1) is 21.1. The molecule has 0 amide bonds. The van der Waals surface area contributed by atoms with E-state index in [-0.39, 0.29) is 38.8 Å². The topological polar surface area (TPSA) is 158 Å². The minimum absolute atomic E-state index is 0.0276. The predicted octanol–water partition coefficient (Wildman–Crippen LogP) is 1.58. The molecule has 1 fully saturated rings. The van der Waals surface area contributed by atoms with Gasteiger partial charge < -0.3 is 15.2 Å². The molecule has 2 aromatic heterocycles. The zero-order valence-electron chi connectivity index (χ0n) is 15.9. The van der Waals surface area contributed by atoms with Crippen LogP contribution in [0.4, 0.5) is 5.82 Å². The number of aromatic nitrogens is 5. The Morgan fingerprint density at radius 3 is 2.45 bits per heavy atom. The number of hydrogen-bond acceptors (Lipinski definition) is 8. The smallest absolute Gasteiger partial charge is 0.349 e. The second-order valence-electron chi connectivity index (χ2n) is 6.77. The fourth-order valence-corrected chi connectivity index (χ4v) is 3.78. The number of nitrogens with zero attached hydrogens (tertiary/aromatic N) is 3. The lowest BCUT2D eigenvalue weighted by molar-refractivity contribution is 0.0849. The van der Waals surface area contributed by atoms with Crippen molar-refractivity contribution in [3.05, 3.63) is 65.0 Å². The third kappa shape index (κ3) is 4.33. The molecule has 0 spiro atoms. The van der Waals surface area contributed by atoms with Crippen LogP contribution in [0.25, 0.3) is 5.69 Å². The molecule has 1 aliphatic rings. The highest BCUT2D eigenvalue weighted by Gasteiger charge is 2.21. The molecule has 1 saturated heterocycles. The van der Waals surface area contributed by atoms with Crippen molar-refractivity contribution in [3.8, 4) is 17.3 Å². The van der Waals surface area contributed by atoms with Gasteiger partial charge in [-0.2, -0.15) is 4.68 Å². The number of aromatic amines is 2. The van der Waals surface area contributed by atoms with Crippen LogP contribution in [0.5, 0.6) is 11.6 Å². The maximum atomic E-state index is 12.2. The molecule has 31 heavy (non-hydrogen) atoms. The van der Waals surface area contributed by atoms with Crippen molar-refractivity contribution in [2.24, 2.45) is 0 Å². The van der Waals surface area contributed by atoms with Crippen molar-refractivity contribution >= 4 is 29.0 Å². The highest BCUT2D eigenvalue weighted by Crippen LogP contribution is 2.38. The summed E-state index contributed by atoms with van der Waals surface area (Å²) < 4.78 is 11.9. The van der Waals surface area contributed by atoms with Crippen LogP contribution < -0.4 is 27.3 Å². The van der Waals surface area contributed by atoms with Gasteiger partial charge in [-0.15, -0.1) is 10.2 Å². The fourth-order valence-electron chi connectivity index (χ4n) is 3.22. The molecule has 3 aromatic rings. The Morgan fingerprint density at radius 2 is 1.77 bits per heavy atom. The molecule has 1 aromatic carbocycles. The van der Waals surface area contributed by atoms with Crippen molar-refractivity contribution in [3.63, 3.8) is 0 Å². The van der Waals surface area contributed by atoms with Crippen LogP contribution >= 0.6 is 23.2 Å². The molecule has 0 radical (unpaired) electrons. The molecule has 0 saturated carbocycles. The van der Waals surface area contributed by atoms with Gasteiger partial charge in [-0.3, -0.25) is 14.6 Å². The van der Waals surface area contributed by atoms with E-state index in [4.69, 9.17) is 38.4 Å². The summed E-state index contributed by atoms with van der Waals surface area (Å²) in [5, 5.41) is 10.1. The average molecular weight is 467 g/mol. The quantitative estimate of drug-likeness (QED) is 0.522. The molecule has 4 rings (SSSR count). The van der Waals surface area contributed by atoms with Crippen molar-refractivity contribution in [2.75, 3.05) is 18.9 Å². The van der Waals surface area contributed by atoms with Crippen molar-refractivity contribution in [2.45, 2.75) is 18.8 Å². The van der Waals surface area contributed by atoms with Crippen molar-refractivity contribution in [1.29, 1.82) is 0 Å². The summed E-state index contributed by atoms with van der Waals surface area (Å²) in [5.74, 6) is -0.207. The highest BCUT2D eigenvalue weighted by atomic mass is 35.5. The SMILES string of the molecule is Nc1nn(-c2cc(Cl)c(Oc3cc(C4CCOCC4)c(=O)[nH]n3)c(Cl)c2)c(=O)[nH]c1=O. The van der Waals surface area contributed by atoms with Crippen LogP contribution in [0.15, 0.2) is 32.6 Å². The van der Waals surface area contributed by atoms with Crippen LogP contribution in [-0.2, 0) is 4.74 Å². The number of anilines is 1. The predicted molar refractivity (Wildman–Crippen MR) is 113 cm³/mol. The van der Waals surface area contributed by atoms with Crippen LogP contribution in [0, 0.1) is 0 Å².